The van der Waals surface area contributed by atoms with E-state index >= 15 is 0 Å². The molecular weight excluding hydrogens is 176 g/mol. The molecule has 0 atom stereocenters. The number of hydrazine groups is 1. The normalized spacial score (nSPS) is 12.8. The lowest BCUT2D eigenvalue weighted by Crippen LogP contribution is -2.07. The van der Waals surface area contributed by atoms with Gasteiger partial charge in [0.25, 0.3) is 0 Å². The highest BCUT2D eigenvalue weighted by Crippen LogP contribution is 2.32. The van der Waals surface area contributed by atoms with Crippen LogP contribution in [0.2, 0.25) is 0 Å². The molecule has 0 unspecified atom stereocenters. The molecule has 1 aromatic carbocycles. The number of hydrogen-bond donors (Lipinski definition) is 2. The van der Waals surface area contributed by atoms with E-state index in [9.17, 15) is 0 Å². The van der Waals surface area contributed by atoms with E-state index in [4.69, 9.17) is 10.6 Å². The van der Waals surface area contributed by atoms with Crippen molar-refractivity contribution in [3.05, 3.63) is 23.8 Å². The van der Waals surface area contributed by atoms with Gasteiger partial charge in [-0.15, -0.1) is 12.4 Å². The monoisotopic (exact) mass is 186 g/mol. The van der Waals surface area contributed by atoms with E-state index in [-0.39, 0.29) is 12.4 Å². The molecule has 3 nitrogen and oxygen atoms in total. The van der Waals surface area contributed by atoms with Gasteiger partial charge in [0.15, 0.2) is 0 Å². The lowest BCUT2D eigenvalue weighted by Gasteiger charge is -2.05. The number of halogens is 1. The molecule has 0 amide bonds. The van der Waals surface area contributed by atoms with Crippen LogP contribution in [-0.2, 0) is 6.42 Å². The smallest absolute Gasteiger partial charge is 0.147 e. The zero-order valence-electron chi connectivity index (χ0n) is 6.54. The second-order valence-corrected chi connectivity index (χ2v) is 2.54. The van der Waals surface area contributed by atoms with E-state index in [1.165, 1.54) is 5.56 Å². The van der Waals surface area contributed by atoms with Crippen molar-refractivity contribution in [2.45, 2.75) is 6.42 Å². The fourth-order valence-corrected chi connectivity index (χ4v) is 1.33. The Morgan fingerprint density at radius 1 is 1.42 bits per heavy atom. The van der Waals surface area contributed by atoms with Crippen molar-refractivity contribution >= 4 is 18.1 Å². The van der Waals surface area contributed by atoms with Crippen LogP contribution in [0.3, 0.4) is 0 Å². The van der Waals surface area contributed by atoms with E-state index in [1.807, 2.05) is 12.1 Å². The van der Waals surface area contributed by atoms with Crippen LogP contribution in [0.4, 0.5) is 5.69 Å². The number of hydrogen-bond acceptors (Lipinski definition) is 3. The van der Waals surface area contributed by atoms with Crippen molar-refractivity contribution in [1.82, 2.24) is 0 Å². The first-order valence-electron chi connectivity index (χ1n) is 3.63. The molecule has 0 spiro atoms. The van der Waals surface area contributed by atoms with Crippen LogP contribution in [0.5, 0.6) is 5.75 Å². The second kappa shape index (κ2) is 3.65. The highest BCUT2D eigenvalue weighted by Gasteiger charge is 2.14. The van der Waals surface area contributed by atoms with Crippen LogP contribution in [0.1, 0.15) is 5.56 Å². The lowest BCUT2D eigenvalue weighted by atomic mass is 10.1. The van der Waals surface area contributed by atoms with Gasteiger partial charge in [0, 0.05) is 6.42 Å². The summed E-state index contributed by atoms with van der Waals surface area (Å²) in [7, 11) is 0. The Hall–Kier alpha value is -0.930. The van der Waals surface area contributed by atoms with Gasteiger partial charge >= 0.3 is 0 Å². The number of nitrogens with one attached hydrogen (secondary N) is 1. The molecule has 1 aliphatic rings. The summed E-state index contributed by atoms with van der Waals surface area (Å²) in [6.07, 6.45) is 0.991. The molecule has 0 aliphatic carbocycles. The van der Waals surface area contributed by atoms with Crippen LogP contribution in [-0.4, -0.2) is 6.61 Å². The van der Waals surface area contributed by atoms with Gasteiger partial charge < -0.3 is 10.2 Å². The zero-order valence-corrected chi connectivity index (χ0v) is 7.36. The minimum absolute atomic E-state index is 0. The van der Waals surface area contributed by atoms with Crippen molar-refractivity contribution in [3.8, 4) is 5.75 Å². The number of rotatable bonds is 1. The minimum Gasteiger partial charge on any atom is -0.491 e. The number of fused-ring (bicyclic) bond motifs is 1. The first-order valence-corrected chi connectivity index (χ1v) is 3.63. The van der Waals surface area contributed by atoms with Crippen LogP contribution in [0.15, 0.2) is 18.2 Å². The van der Waals surface area contributed by atoms with Gasteiger partial charge in [0.05, 0.1) is 12.3 Å². The summed E-state index contributed by atoms with van der Waals surface area (Å²) in [5.74, 6) is 6.20. The summed E-state index contributed by atoms with van der Waals surface area (Å²) in [6, 6.07) is 5.94. The van der Waals surface area contributed by atoms with Gasteiger partial charge in [0.2, 0.25) is 0 Å². The first-order chi connectivity index (χ1) is 5.42. The number of para-hydroxylation sites is 1. The van der Waals surface area contributed by atoms with Crippen molar-refractivity contribution in [1.29, 1.82) is 0 Å². The molecule has 1 aliphatic heterocycles. The molecule has 4 heteroatoms. The largest absolute Gasteiger partial charge is 0.491 e. The molecule has 0 saturated carbocycles. The second-order valence-electron chi connectivity index (χ2n) is 2.54. The fraction of sp³-hybridized carbons (Fsp3) is 0.250. The van der Waals surface area contributed by atoms with Gasteiger partial charge in [-0.25, -0.2) is 0 Å². The first kappa shape index (κ1) is 9.16. The Morgan fingerprint density at radius 2 is 2.25 bits per heavy atom. The van der Waals surface area contributed by atoms with E-state index < -0.39 is 0 Å². The SMILES string of the molecule is Cl.NNc1cccc2c1OCC2. The molecule has 0 radical (unpaired) electrons. The Bertz CT molecular complexity index is 278. The van der Waals surface area contributed by atoms with E-state index in [0.29, 0.717) is 0 Å². The maximum absolute atomic E-state index is 5.38. The van der Waals surface area contributed by atoms with Crippen molar-refractivity contribution in [2.75, 3.05) is 12.0 Å². The summed E-state index contributed by atoms with van der Waals surface area (Å²) in [6.45, 7) is 0.772. The molecule has 12 heavy (non-hydrogen) atoms. The molecule has 1 heterocycles. The quantitative estimate of drug-likeness (QED) is 0.514. The predicted octanol–water partition coefficient (Wildman–Crippen LogP) is 1.33. The third-order valence-electron chi connectivity index (χ3n) is 1.87. The Labute approximate surface area is 77.3 Å². The average molecular weight is 187 g/mol. The topological polar surface area (TPSA) is 47.3 Å². The van der Waals surface area contributed by atoms with Crippen LogP contribution >= 0.6 is 12.4 Å². The molecule has 0 fully saturated rings. The van der Waals surface area contributed by atoms with Crippen molar-refractivity contribution < 1.29 is 4.74 Å². The van der Waals surface area contributed by atoms with Crippen molar-refractivity contribution in [3.63, 3.8) is 0 Å². The highest BCUT2D eigenvalue weighted by atomic mass is 35.5. The summed E-state index contributed by atoms with van der Waals surface area (Å²) in [5.41, 5.74) is 4.71. The number of benzene rings is 1. The Morgan fingerprint density at radius 3 is 3.00 bits per heavy atom. The summed E-state index contributed by atoms with van der Waals surface area (Å²) < 4.78 is 5.38. The molecule has 66 valence electrons. The van der Waals surface area contributed by atoms with Crippen molar-refractivity contribution in [2.24, 2.45) is 5.84 Å². The molecule has 0 bridgehead atoms. The zero-order chi connectivity index (χ0) is 7.68. The summed E-state index contributed by atoms with van der Waals surface area (Å²) >= 11 is 0. The Balaban J connectivity index is 0.000000720. The fourth-order valence-electron chi connectivity index (χ4n) is 1.33. The molecule has 0 aromatic heterocycles. The van der Waals surface area contributed by atoms with Crippen LogP contribution in [0, 0.1) is 0 Å². The van der Waals surface area contributed by atoms with E-state index in [1.54, 1.807) is 0 Å². The molecule has 2 rings (SSSR count). The van der Waals surface area contributed by atoms with Crippen LogP contribution < -0.4 is 16.0 Å². The molecular formula is C8H11ClN2O. The maximum Gasteiger partial charge on any atom is 0.147 e. The summed E-state index contributed by atoms with van der Waals surface area (Å²) in [4.78, 5) is 0. The molecule has 1 aromatic rings. The van der Waals surface area contributed by atoms with Gasteiger partial charge in [-0.2, -0.15) is 0 Å². The van der Waals surface area contributed by atoms with Gasteiger partial charge in [-0.1, -0.05) is 12.1 Å². The number of nitrogen functional groups attached to an aromatic ring is 1. The van der Waals surface area contributed by atoms with Gasteiger partial charge in [-0.05, 0) is 11.6 Å². The molecule has 0 saturated heterocycles. The Kier molecular flexibility index (Phi) is 2.78. The standard InChI is InChI=1S/C8H10N2O.ClH/c9-10-7-3-1-2-6-4-5-11-8(6)7;/h1-3,10H,4-5,9H2;1H. The van der Waals surface area contributed by atoms with E-state index in [0.717, 1.165) is 24.5 Å². The average Bonchev–Trinajstić information content (AvgIpc) is 2.50. The lowest BCUT2D eigenvalue weighted by molar-refractivity contribution is 0.358. The number of anilines is 1. The van der Waals surface area contributed by atoms with Gasteiger partial charge in [-0.3, -0.25) is 5.84 Å². The van der Waals surface area contributed by atoms with E-state index in [2.05, 4.69) is 11.5 Å². The van der Waals surface area contributed by atoms with Crippen LogP contribution in [0.25, 0.3) is 0 Å². The predicted molar refractivity (Wildman–Crippen MR) is 50.7 cm³/mol. The third-order valence-corrected chi connectivity index (χ3v) is 1.87. The van der Waals surface area contributed by atoms with Gasteiger partial charge in [0.1, 0.15) is 5.75 Å². The maximum atomic E-state index is 5.38. The third kappa shape index (κ3) is 1.33. The highest BCUT2D eigenvalue weighted by molar-refractivity contribution is 5.85. The number of ether oxygens (including phenoxy) is 1. The molecule has 3 N–H and O–H groups in total. The summed E-state index contributed by atoms with van der Waals surface area (Å²) in [5, 5.41) is 0. The number of nitrogens with two attached hydrogens (primary N) is 1. The minimum atomic E-state index is 0.